The first-order valence-corrected chi connectivity index (χ1v) is 8.70. The van der Waals surface area contributed by atoms with Crippen LogP contribution < -0.4 is 10.1 Å². The van der Waals surface area contributed by atoms with Gasteiger partial charge in [-0.2, -0.15) is 0 Å². The molecule has 0 bridgehead atoms. The van der Waals surface area contributed by atoms with Gasteiger partial charge in [0.1, 0.15) is 12.4 Å². The van der Waals surface area contributed by atoms with E-state index in [0.29, 0.717) is 0 Å². The van der Waals surface area contributed by atoms with Gasteiger partial charge in [-0.1, -0.05) is 24.3 Å². The van der Waals surface area contributed by atoms with Crippen molar-refractivity contribution in [3.8, 4) is 5.75 Å². The summed E-state index contributed by atoms with van der Waals surface area (Å²) in [6.45, 7) is 0.346. The second-order valence-electron chi connectivity index (χ2n) is 6.43. The van der Waals surface area contributed by atoms with Crippen molar-refractivity contribution in [1.29, 1.82) is 0 Å². The van der Waals surface area contributed by atoms with Crippen LogP contribution in [-0.4, -0.2) is 37.2 Å². The molecule has 1 aliphatic carbocycles. The number of ether oxygens (including phenoxy) is 1. The number of nitrogens with zero attached hydrogens (tertiary/aromatic N) is 1. The molecule has 0 saturated heterocycles. The van der Waals surface area contributed by atoms with Crippen LogP contribution in [0.5, 0.6) is 5.75 Å². The Morgan fingerprint density at radius 2 is 2.00 bits per heavy atom. The molecule has 2 aromatic carbocycles. The zero-order valence-corrected chi connectivity index (χ0v) is 14.7. The molecule has 0 radical (unpaired) electrons. The number of halogens is 2. The third-order valence-corrected chi connectivity index (χ3v) is 4.72. The lowest BCUT2D eigenvalue weighted by atomic mass is 9.88. The molecule has 1 unspecified atom stereocenters. The van der Waals surface area contributed by atoms with Crippen molar-refractivity contribution in [1.82, 2.24) is 10.2 Å². The van der Waals surface area contributed by atoms with Gasteiger partial charge >= 0.3 is 6.03 Å². The molecule has 4 nitrogen and oxygen atoms in total. The van der Waals surface area contributed by atoms with Gasteiger partial charge in [0.05, 0.1) is 6.54 Å². The van der Waals surface area contributed by atoms with Crippen LogP contribution in [0.2, 0.25) is 0 Å². The van der Waals surface area contributed by atoms with Crippen LogP contribution in [0.15, 0.2) is 42.5 Å². The average Bonchev–Trinajstić information content (AvgIpc) is 2.65. The molecule has 0 aliphatic heterocycles. The lowest BCUT2D eigenvalue weighted by molar-refractivity contribution is 0.181. The third-order valence-electron chi connectivity index (χ3n) is 4.72. The third kappa shape index (κ3) is 4.31. The molecule has 0 fully saturated rings. The summed E-state index contributed by atoms with van der Waals surface area (Å²) < 4.78 is 31.5. The number of urea groups is 1. The topological polar surface area (TPSA) is 41.6 Å². The molecule has 138 valence electrons. The lowest BCUT2D eigenvalue weighted by Crippen LogP contribution is -2.46. The monoisotopic (exact) mass is 360 g/mol. The van der Waals surface area contributed by atoms with Gasteiger partial charge in [0, 0.05) is 19.2 Å². The maximum atomic E-state index is 13.5. The summed E-state index contributed by atoms with van der Waals surface area (Å²) in [5.74, 6) is -1.44. The molecule has 26 heavy (non-hydrogen) atoms. The summed E-state index contributed by atoms with van der Waals surface area (Å²) in [7, 11) is 1.79. The van der Waals surface area contributed by atoms with Crippen molar-refractivity contribution in [2.24, 2.45) is 0 Å². The highest BCUT2D eigenvalue weighted by Crippen LogP contribution is 2.23. The van der Waals surface area contributed by atoms with Gasteiger partial charge in [-0.25, -0.2) is 13.6 Å². The number of rotatable bonds is 5. The van der Waals surface area contributed by atoms with E-state index < -0.39 is 11.6 Å². The minimum atomic E-state index is -0.755. The summed E-state index contributed by atoms with van der Waals surface area (Å²) >= 11 is 0. The fraction of sp³-hybridized carbons (Fsp3) is 0.350. The highest BCUT2D eigenvalue weighted by atomic mass is 19.1. The molecule has 2 aromatic rings. The number of hydrogen-bond acceptors (Lipinski definition) is 2. The van der Waals surface area contributed by atoms with E-state index in [-0.39, 0.29) is 31.0 Å². The largest absolute Gasteiger partial charge is 0.489 e. The van der Waals surface area contributed by atoms with Gasteiger partial charge in [-0.15, -0.1) is 0 Å². The highest BCUT2D eigenvalue weighted by Gasteiger charge is 2.24. The van der Waals surface area contributed by atoms with Gasteiger partial charge in [-0.05, 0) is 42.5 Å². The first-order valence-electron chi connectivity index (χ1n) is 8.70. The normalized spacial score (nSPS) is 15.9. The highest BCUT2D eigenvalue weighted by molar-refractivity contribution is 5.74. The van der Waals surface area contributed by atoms with E-state index in [1.165, 1.54) is 17.2 Å². The number of carbonyl (C=O) groups excluding carboxylic acids is 1. The van der Waals surface area contributed by atoms with Crippen LogP contribution in [0.1, 0.15) is 17.5 Å². The Morgan fingerprint density at radius 3 is 2.77 bits per heavy atom. The molecule has 0 heterocycles. The van der Waals surface area contributed by atoms with Gasteiger partial charge in [0.25, 0.3) is 0 Å². The first-order chi connectivity index (χ1) is 12.5. The summed E-state index contributed by atoms with van der Waals surface area (Å²) in [5.41, 5.74) is 2.64. The molecule has 0 spiro atoms. The number of amides is 2. The molecule has 1 aliphatic rings. The fourth-order valence-corrected chi connectivity index (χ4v) is 3.21. The van der Waals surface area contributed by atoms with E-state index in [4.69, 9.17) is 4.74 Å². The van der Waals surface area contributed by atoms with Crippen LogP contribution in [0, 0.1) is 11.6 Å². The van der Waals surface area contributed by atoms with E-state index >= 15 is 0 Å². The Labute approximate surface area is 151 Å². The van der Waals surface area contributed by atoms with Gasteiger partial charge < -0.3 is 15.0 Å². The Bertz CT molecular complexity index is 782. The Hall–Kier alpha value is -2.63. The minimum Gasteiger partial charge on any atom is -0.489 e. The van der Waals surface area contributed by atoms with E-state index in [2.05, 4.69) is 17.4 Å². The van der Waals surface area contributed by atoms with Crippen molar-refractivity contribution in [2.45, 2.75) is 25.3 Å². The summed E-state index contributed by atoms with van der Waals surface area (Å²) in [5, 5.41) is 2.77. The number of carbonyl (C=O) groups is 1. The average molecular weight is 360 g/mol. The SMILES string of the molecule is CN(C(=O)NCCOc1ccc(F)cc1F)C1CCc2ccccc2C1. The quantitative estimate of drug-likeness (QED) is 0.829. The van der Waals surface area contributed by atoms with Gasteiger partial charge in [-0.3, -0.25) is 0 Å². The zero-order chi connectivity index (χ0) is 18.5. The van der Waals surface area contributed by atoms with Crippen LogP contribution in [-0.2, 0) is 12.8 Å². The van der Waals surface area contributed by atoms with E-state index in [0.717, 1.165) is 31.4 Å². The molecule has 6 heteroatoms. The Kier molecular flexibility index (Phi) is 5.71. The van der Waals surface area contributed by atoms with E-state index in [9.17, 15) is 13.6 Å². The van der Waals surface area contributed by atoms with Gasteiger partial charge in [0.15, 0.2) is 11.6 Å². The second kappa shape index (κ2) is 8.17. The second-order valence-corrected chi connectivity index (χ2v) is 6.43. The zero-order valence-electron chi connectivity index (χ0n) is 14.7. The summed E-state index contributed by atoms with van der Waals surface area (Å²) in [4.78, 5) is 14.0. The molecule has 1 atom stereocenters. The van der Waals surface area contributed by atoms with Crippen molar-refractivity contribution in [3.63, 3.8) is 0 Å². The number of fused-ring (bicyclic) bond motifs is 1. The maximum Gasteiger partial charge on any atom is 0.317 e. The fourth-order valence-electron chi connectivity index (χ4n) is 3.21. The van der Waals surface area contributed by atoms with Crippen molar-refractivity contribution >= 4 is 6.03 Å². The first kappa shape index (κ1) is 18.2. The van der Waals surface area contributed by atoms with Crippen LogP contribution in [0.4, 0.5) is 13.6 Å². The summed E-state index contributed by atoms with van der Waals surface area (Å²) in [6, 6.07) is 11.4. The van der Waals surface area contributed by atoms with Crippen molar-refractivity contribution in [3.05, 3.63) is 65.2 Å². The van der Waals surface area contributed by atoms with Crippen LogP contribution in [0.3, 0.4) is 0 Å². The summed E-state index contributed by atoms with van der Waals surface area (Å²) in [6.07, 6.45) is 2.74. The van der Waals surface area contributed by atoms with E-state index in [1.54, 1.807) is 11.9 Å². The molecule has 1 N–H and O–H groups in total. The van der Waals surface area contributed by atoms with Crippen molar-refractivity contribution < 1.29 is 18.3 Å². The van der Waals surface area contributed by atoms with Crippen LogP contribution >= 0.6 is 0 Å². The predicted octanol–water partition coefficient (Wildman–Crippen LogP) is 3.54. The smallest absolute Gasteiger partial charge is 0.317 e. The Balaban J connectivity index is 1.45. The molecule has 3 rings (SSSR count). The number of likely N-dealkylation sites (N-methyl/N-ethyl adjacent to an activating group) is 1. The number of nitrogens with one attached hydrogen (secondary N) is 1. The standard InChI is InChI=1S/C20H22F2N2O2/c1-24(17-8-6-14-4-2-3-5-15(14)12-17)20(25)23-10-11-26-19-9-7-16(21)13-18(19)22/h2-5,7,9,13,17H,6,8,10-12H2,1H3,(H,23,25). The minimum absolute atomic E-state index is 0.0297. The number of hydrogen-bond donors (Lipinski definition) is 1. The molecule has 0 saturated carbocycles. The molecular formula is C20H22F2N2O2. The van der Waals surface area contributed by atoms with Gasteiger partial charge in [0.2, 0.25) is 0 Å². The Morgan fingerprint density at radius 1 is 1.23 bits per heavy atom. The number of benzene rings is 2. The molecule has 0 aromatic heterocycles. The maximum absolute atomic E-state index is 13.5. The van der Waals surface area contributed by atoms with Crippen molar-refractivity contribution in [2.75, 3.05) is 20.2 Å². The number of aryl methyl sites for hydroxylation is 1. The predicted molar refractivity (Wildman–Crippen MR) is 95.3 cm³/mol. The lowest BCUT2D eigenvalue weighted by Gasteiger charge is -2.32. The molecule has 2 amide bonds. The van der Waals surface area contributed by atoms with Crippen LogP contribution in [0.25, 0.3) is 0 Å². The van der Waals surface area contributed by atoms with E-state index in [1.807, 2.05) is 12.1 Å². The molecular weight excluding hydrogens is 338 g/mol.